The van der Waals surface area contributed by atoms with Gasteiger partial charge in [-0.3, -0.25) is 0 Å². The van der Waals surface area contributed by atoms with E-state index in [2.05, 4.69) is 56.1 Å². The smallest absolute Gasteiger partial charge is 0.107 e. The standard InChI is InChI=1S/C14H11Br2ClS/c15-11-7-12(18-14(11)17)13(16)10-5-4-8-2-1-3-9(8)6-10/h4-7,13H,1-3H2. The van der Waals surface area contributed by atoms with Gasteiger partial charge in [0.1, 0.15) is 4.34 Å². The highest BCUT2D eigenvalue weighted by Gasteiger charge is 2.18. The first-order chi connectivity index (χ1) is 8.65. The second-order valence-electron chi connectivity index (χ2n) is 4.51. The molecule has 1 heterocycles. The van der Waals surface area contributed by atoms with E-state index in [1.54, 1.807) is 11.3 Å². The fourth-order valence-corrected chi connectivity index (χ4v) is 4.84. The van der Waals surface area contributed by atoms with E-state index in [1.165, 1.54) is 40.8 Å². The minimum Gasteiger partial charge on any atom is -0.126 e. The van der Waals surface area contributed by atoms with Crippen LogP contribution in [0.2, 0.25) is 4.34 Å². The van der Waals surface area contributed by atoms with Crippen LogP contribution >= 0.6 is 54.8 Å². The largest absolute Gasteiger partial charge is 0.126 e. The van der Waals surface area contributed by atoms with Crippen LogP contribution in [0.3, 0.4) is 0 Å². The van der Waals surface area contributed by atoms with E-state index < -0.39 is 0 Å². The van der Waals surface area contributed by atoms with Crippen molar-refractivity contribution in [3.63, 3.8) is 0 Å². The van der Waals surface area contributed by atoms with E-state index in [1.807, 2.05) is 0 Å². The minimum absolute atomic E-state index is 0.234. The summed E-state index contributed by atoms with van der Waals surface area (Å²) in [6.07, 6.45) is 3.75. The molecule has 0 radical (unpaired) electrons. The number of halogens is 3. The molecular formula is C14H11Br2ClS. The summed E-state index contributed by atoms with van der Waals surface area (Å²) in [6, 6.07) is 8.93. The van der Waals surface area contributed by atoms with Crippen molar-refractivity contribution in [1.82, 2.24) is 0 Å². The number of alkyl halides is 1. The van der Waals surface area contributed by atoms with Gasteiger partial charge >= 0.3 is 0 Å². The summed E-state index contributed by atoms with van der Waals surface area (Å²) in [6.45, 7) is 0. The van der Waals surface area contributed by atoms with Gasteiger partial charge in [0.2, 0.25) is 0 Å². The predicted octanol–water partition coefficient (Wildman–Crippen LogP) is 6.14. The van der Waals surface area contributed by atoms with Crippen molar-refractivity contribution in [3.8, 4) is 0 Å². The molecule has 0 aliphatic heterocycles. The highest BCUT2D eigenvalue weighted by atomic mass is 79.9. The molecule has 0 amide bonds. The lowest BCUT2D eigenvalue weighted by atomic mass is 10.0. The first-order valence-electron chi connectivity index (χ1n) is 5.85. The third-order valence-corrected chi connectivity index (χ3v) is 7.19. The van der Waals surface area contributed by atoms with E-state index in [-0.39, 0.29) is 4.83 Å². The molecule has 1 aromatic carbocycles. The van der Waals surface area contributed by atoms with Gasteiger partial charge in [-0.2, -0.15) is 0 Å². The lowest BCUT2D eigenvalue weighted by Crippen LogP contribution is -1.92. The number of benzene rings is 1. The summed E-state index contributed by atoms with van der Waals surface area (Å²) in [4.78, 5) is 1.47. The molecule has 2 aromatic rings. The van der Waals surface area contributed by atoms with Crippen LogP contribution in [0, 0.1) is 0 Å². The fourth-order valence-electron chi connectivity index (χ4n) is 2.40. The van der Waals surface area contributed by atoms with Gasteiger partial charge in [0.05, 0.1) is 4.83 Å². The van der Waals surface area contributed by atoms with Gasteiger partial charge in [-0.25, -0.2) is 0 Å². The molecule has 0 bridgehead atoms. The maximum atomic E-state index is 6.11. The van der Waals surface area contributed by atoms with Gasteiger partial charge in [0.25, 0.3) is 0 Å². The molecule has 1 aliphatic rings. The molecular weight excluding hydrogens is 395 g/mol. The Kier molecular flexibility index (Phi) is 3.86. The Hall–Kier alpha value is 0.170. The Labute approximate surface area is 133 Å². The number of rotatable bonds is 2. The quantitative estimate of drug-likeness (QED) is 0.526. The van der Waals surface area contributed by atoms with Crippen molar-refractivity contribution in [2.45, 2.75) is 24.1 Å². The lowest BCUT2D eigenvalue weighted by molar-refractivity contribution is 0.911. The van der Waals surface area contributed by atoms with Crippen LogP contribution in [0.15, 0.2) is 28.7 Å². The summed E-state index contributed by atoms with van der Waals surface area (Å²) in [5, 5.41) is 0. The molecule has 0 nitrogen and oxygen atoms in total. The highest BCUT2D eigenvalue weighted by Crippen LogP contribution is 2.41. The summed E-state index contributed by atoms with van der Waals surface area (Å²) >= 11 is 15.0. The van der Waals surface area contributed by atoms with Crippen LogP contribution in [0.4, 0.5) is 0 Å². The Morgan fingerprint density at radius 3 is 2.67 bits per heavy atom. The monoisotopic (exact) mass is 404 g/mol. The van der Waals surface area contributed by atoms with Crippen molar-refractivity contribution in [2.75, 3.05) is 0 Å². The van der Waals surface area contributed by atoms with E-state index in [9.17, 15) is 0 Å². The highest BCUT2D eigenvalue weighted by molar-refractivity contribution is 9.10. The average Bonchev–Trinajstić information content (AvgIpc) is 2.95. The molecule has 4 heteroatoms. The van der Waals surface area contributed by atoms with Gasteiger partial charge in [-0.15, -0.1) is 11.3 Å². The predicted molar refractivity (Wildman–Crippen MR) is 86.3 cm³/mol. The average molecular weight is 407 g/mol. The molecule has 0 fully saturated rings. The zero-order valence-corrected chi connectivity index (χ0v) is 14.3. The van der Waals surface area contributed by atoms with Crippen molar-refractivity contribution in [3.05, 3.63) is 54.6 Å². The topological polar surface area (TPSA) is 0 Å². The van der Waals surface area contributed by atoms with Gasteiger partial charge in [-0.1, -0.05) is 45.7 Å². The molecule has 1 aliphatic carbocycles. The van der Waals surface area contributed by atoms with E-state index in [0.717, 1.165) is 8.81 Å². The SMILES string of the molecule is Clc1sc(C(Br)c2ccc3c(c2)CCC3)cc1Br. The molecule has 1 atom stereocenters. The molecule has 18 heavy (non-hydrogen) atoms. The Balaban J connectivity index is 1.94. The normalized spacial score (nSPS) is 15.7. The van der Waals surface area contributed by atoms with Crippen LogP contribution < -0.4 is 0 Å². The summed E-state index contributed by atoms with van der Waals surface area (Å²) < 4.78 is 1.80. The van der Waals surface area contributed by atoms with Gasteiger partial charge < -0.3 is 0 Å². The van der Waals surface area contributed by atoms with Crippen LogP contribution in [0.5, 0.6) is 0 Å². The molecule has 1 unspecified atom stereocenters. The number of aryl methyl sites for hydroxylation is 2. The van der Waals surface area contributed by atoms with Crippen LogP contribution in [0.25, 0.3) is 0 Å². The molecule has 1 aromatic heterocycles. The number of fused-ring (bicyclic) bond motifs is 1. The third-order valence-electron chi connectivity index (χ3n) is 3.33. The molecule has 0 N–H and O–H groups in total. The van der Waals surface area contributed by atoms with E-state index in [0.29, 0.717) is 0 Å². The second kappa shape index (κ2) is 5.28. The Morgan fingerprint density at radius 1 is 1.17 bits per heavy atom. The summed E-state index contributed by atoms with van der Waals surface area (Å²) in [5.74, 6) is 0. The number of hydrogen-bond acceptors (Lipinski definition) is 1. The van der Waals surface area contributed by atoms with Crippen molar-refractivity contribution < 1.29 is 0 Å². The molecule has 0 spiro atoms. The maximum absolute atomic E-state index is 6.11. The van der Waals surface area contributed by atoms with Gasteiger partial charge in [0, 0.05) is 9.35 Å². The molecule has 0 saturated heterocycles. The van der Waals surface area contributed by atoms with Crippen molar-refractivity contribution >= 4 is 54.8 Å². The fraction of sp³-hybridized carbons (Fsp3) is 0.286. The first-order valence-corrected chi connectivity index (χ1v) is 8.76. The summed E-state index contributed by atoms with van der Waals surface area (Å²) in [5.41, 5.74) is 4.35. The van der Waals surface area contributed by atoms with Crippen LogP contribution in [-0.4, -0.2) is 0 Å². The van der Waals surface area contributed by atoms with Gasteiger partial charge in [0.15, 0.2) is 0 Å². The van der Waals surface area contributed by atoms with E-state index >= 15 is 0 Å². The van der Waals surface area contributed by atoms with Gasteiger partial charge in [-0.05, 0) is 57.9 Å². The number of thiophene rings is 1. The Morgan fingerprint density at radius 2 is 1.94 bits per heavy atom. The third kappa shape index (κ3) is 2.43. The zero-order chi connectivity index (χ0) is 12.7. The van der Waals surface area contributed by atoms with Crippen LogP contribution in [0.1, 0.15) is 32.8 Å². The molecule has 0 saturated carbocycles. The lowest BCUT2D eigenvalue weighted by Gasteiger charge is -2.10. The molecule has 94 valence electrons. The van der Waals surface area contributed by atoms with Crippen molar-refractivity contribution in [2.24, 2.45) is 0 Å². The number of hydrogen-bond donors (Lipinski definition) is 0. The van der Waals surface area contributed by atoms with Crippen LogP contribution in [-0.2, 0) is 12.8 Å². The molecule has 3 rings (SSSR count). The first kappa shape index (κ1) is 13.2. The minimum atomic E-state index is 0.234. The Bertz CT molecular complexity index is 572. The maximum Gasteiger partial charge on any atom is 0.107 e. The second-order valence-corrected chi connectivity index (χ2v) is 7.97. The summed E-state index contributed by atoms with van der Waals surface area (Å²) in [7, 11) is 0. The zero-order valence-electron chi connectivity index (χ0n) is 9.55. The van der Waals surface area contributed by atoms with E-state index in [4.69, 9.17) is 11.6 Å². The van der Waals surface area contributed by atoms with Crippen molar-refractivity contribution in [1.29, 1.82) is 0 Å².